The zero-order valence-electron chi connectivity index (χ0n) is 14.6. The summed E-state index contributed by atoms with van der Waals surface area (Å²) >= 11 is 0. The van der Waals surface area contributed by atoms with Gasteiger partial charge in [-0.2, -0.15) is 5.10 Å². The highest BCUT2D eigenvalue weighted by Gasteiger charge is 2.32. The van der Waals surface area contributed by atoms with Crippen molar-refractivity contribution in [3.8, 4) is 0 Å². The number of hydrogen-bond donors (Lipinski definition) is 0. The lowest BCUT2D eigenvalue weighted by Gasteiger charge is -2.37. The van der Waals surface area contributed by atoms with Gasteiger partial charge in [-0.1, -0.05) is 0 Å². The van der Waals surface area contributed by atoms with Crippen molar-refractivity contribution in [2.24, 2.45) is 5.92 Å². The van der Waals surface area contributed by atoms with E-state index in [-0.39, 0.29) is 18.1 Å². The number of hydrogen-bond acceptors (Lipinski definition) is 3. The highest BCUT2D eigenvalue weighted by molar-refractivity contribution is 5.81. The number of rotatable bonds is 6. The van der Waals surface area contributed by atoms with Gasteiger partial charge in [-0.25, -0.2) is 0 Å². The van der Waals surface area contributed by atoms with Gasteiger partial charge in [0.1, 0.15) is 6.10 Å². The molecule has 1 aromatic heterocycles. The van der Waals surface area contributed by atoms with Crippen LogP contribution in [0.4, 0.5) is 0 Å². The average molecular weight is 319 g/mol. The number of ether oxygens (including phenoxy) is 1. The number of aryl methyl sites for hydroxylation is 2. The molecule has 0 N–H and O–H groups in total. The zero-order chi connectivity index (χ0) is 16.4. The molecule has 2 aliphatic rings. The third-order valence-corrected chi connectivity index (χ3v) is 5.02. The van der Waals surface area contributed by atoms with Crippen LogP contribution in [-0.4, -0.2) is 45.9 Å². The molecule has 2 atom stereocenters. The molecule has 0 aromatic carbocycles. The Morgan fingerprint density at radius 1 is 1.35 bits per heavy atom. The van der Waals surface area contributed by atoms with Crippen LogP contribution in [0.1, 0.15) is 50.4 Å². The molecule has 3 rings (SSSR count). The Labute approximate surface area is 139 Å². The molecule has 2 fully saturated rings. The third-order valence-electron chi connectivity index (χ3n) is 5.02. The van der Waals surface area contributed by atoms with E-state index in [4.69, 9.17) is 4.74 Å². The molecule has 1 saturated carbocycles. The third kappa shape index (κ3) is 4.14. The van der Waals surface area contributed by atoms with E-state index in [0.717, 1.165) is 38.2 Å². The fraction of sp³-hybridized carbons (Fsp3) is 0.778. The van der Waals surface area contributed by atoms with E-state index in [9.17, 15) is 4.79 Å². The minimum atomic E-state index is -0.323. The second kappa shape index (κ2) is 7.04. The van der Waals surface area contributed by atoms with Crippen molar-refractivity contribution in [3.05, 3.63) is 17.5 Å². The Balaban J connectivity index is 1.62. The van der Waals surface area contributed by atoms with Gasteiger partial charge in [0.2, 0.25) is 0 Å². The van der Waals surface area contributed by atoms with Crippen LogP contribution in [0.2, 0.25) is 0 Å². The van der Waals surface area contributed by atoms with E-state index >= 15 is 0 Å². The van der Waals surface area contributed by atoms with Gasteiger partial charge in [0.05, 0.1) is 24.9 Å². The summed E-state index contributed by atoms with van der Waals surface area (Å²) in [6, 6.07) is 2.33. The van der Waals surface area contributed by atoms with Crippen LogP contribution >= 0.6 is 0 Å². The molecule has 128 valence electrons. The standard InChI is InChI=1S/C18H29N3O2/c1-13-10-14(2)21(19-13)11-17-6-4-5-9-20(17)18(22)15(3)23-12-16-7-8-16/h10,15-17H,4-9,11-12H2,1-3H3/t15-,17-/m1/s1. The van der Waals surface area contributed by atoms with Crippen molar-refractivity contribution in [1.82, 2.24) is 14.7 Å². The van der Waals surface area contributed by atoms with Crippen LogP contribution in [0, 0.1) is 19.8 Å². The first-order valence-corrected chi connectivity index (χ1v) is 8.97. The molecular formula is C18H29N3O2. The number of piperidine rings is 1. The molecular weight excluding hydrogens is 290 g/mol. The first-order chi connectivity index (χ1) is 11.0. The summed E-state index contributed by atoms with van der Waals surface area (Å²) in [7, 11) is 0. The van der Waals surface area contributed by atoms with E-state index < -0.39 is 0 Å². The lowest BCUT2D eigenvalue weighted by atomic mass is 10.0. The summed E-state index contributed by atoms with van der Waals surface area (Å²) in [6.45, 7) is 8.38. The van der Waals surface area contributed by atoms with Gasteiger partial charge in [-0.15, -0.1) is 0 Å². The van der Waals surface area contributed by atoms with E-state index in [1.165, 1.54) is 25.0 Å². The molecule has 1 amide bonds. The van der Waals surface area contributed by atoms with Crippen LogP contribution in [0.3, 0.4) is 0 Å². The van der Waals surface area contributed by atoms with Gasteiger partial charge >= 0.3 is 0 Å². The van der Waals surface area contributed by atoms with Crippen molar-refractivity contribution >= 4 is 5.91 Å². The van der Waals surface area contributed by atoms with Gasteiger partial charge in [0.15, 0.2) is 0 Å². The van der Waals surface area contributed by atoms with Crippen LogP contribution in [0.25, 0.3) is 0 Å². The fourth-order valence-corrected chi connectivity index (χ4v) is 3.41. The van der Waals surface area contributed by atoms with Crippen LogP contribution in [0.5, 0.6) is 0 Å². The number of carbonyl (C=O) groups excluding carboxylic acids is 1. The van der Waals surface area contributed by atoms with E-state index in [1.807, 2.05) is 23.4 Å². The Morgan fingerprint density at radius 3 is 2.78 bits per heavy atom. The summed E-state index contributed by atoms with van der Waals surface area (Å²) in [6.07, 6.45) is 5.52. The van der Waals surface area contributed by atoms with Crippen LogP contribution in [0.15, 0.2) is 6.07 Å². The van der Waals surface area contributed by atoms with Crippen LogP contribution in [-0.2, 0) is 16.1 Å². The number of aromatic nitrogens is 2. The fourth-order valence-electron chi connectivity index (χ4n) is 3.41. The van der Waals surface area contributed by atoms with E-state index in [2.05, 4.69) is 18.1 Å². The average Bonchev–Trinajstić information content (AvgIpc) is 3.30. The second-order valence-electron chi connectivity index (χ2n) is 7.21. The molecule has 0 bridgehead atoms. The highest BCUT2D eigenvalue weighted by atomic mass is 16.5. The van der Waals surface area contributed by atoms with Gasteiger partial charge in [-0.3, -0.25) is 9.48 Å². The first kappa shape index (κ1) is 16.5. The van der Waals surface area contributed by atoms with E-state index in [1.54, 1.807) is 0 Å². The molecule has 1 aromatic rings. The summed E-state index contributed by atoms with van der Waals surface area (Å²) in [5.74, 6) is 0.842. The summed E-state index contributed by atoms with van der Waals surface area (Å²) in [4.78, 5) is 14.8. The minimum Gasteiger partial charge on any atom is -0.368 e. The monoisotopic (exact) mass is 319 g/mol. The lowest BCUT2D eigenvalue weighted by Crippen LogP contribution is -2.50. The molecule has 0 radical (unpaired) electrons. The smallest absolute Gasteiger partial charge is 0.251 e. The highest BCUT2D eigenvalue weighted by Crippen LogP contribution is 2.29. The van der Waals surface area contributed by atoms with Crippen molar-refractivity contribution in [2.75, 3.05) is 13.2 Å². The summed E-state index contributed by atoms with van der Waals surface area (Å²) in [5, 5.41) is 4.56. The van der Waals surface area contributed by atoms with Crippen molar-refractivity contribution < 1.29 is 9.53 Å². The maximum atomic E-state index is 12.8. The summed E-state index contributed by atoms with van der Waals surface area (Å²) < 4.78 is 7.84. The van der Waals surface area contributed by atoms with Crippen molar-refractivity contribution in [1.29, 1.82) is 0 Å². The predicted octanol–water partition coefficient (Wildman–Crippen LogP) is 2.70. The molecule has 5 heteroatoms. The van der Waals surface area contributed by atoms with Crippen molar-refractivity contribution in [2.45, 2.75) is 71.6 Å². The Morgan fingerprint density at radius 2 is 2.13 bits per heavy atom. The normalized spacial score (nSPS) is 23.1. The van der Waals surface area contributed by atoms with Crippen LogP contribution < -0.4 is 0 Å². The molecule has 2 heterocycles. The molecule has 5 nitrogen and oxygen atoms in total. The molecule has 1 saturated heterocycles. The molecule has 1 aliphatic heterocycles. The second-order valence-corrected chi connectivity index (χ2v) is 7.21. The van der Waals surface area contributed by atoms with E-state index in [0.29, 0.717) is 5.92 Å². The lowest BCUT2D eigenvalue weighted by molar-refractivity contribution is -0.147. The molecule has 23 heavy (non-hydrogen) atoms. The topological polar surface area (TPSA) is 47.4 Å². The number of likely N-dealkylation sites (tertiary alicyclic amines) is 1. The van der Waals surface area contributed by atoms with Gasteiger partial charge < -0.3 is 9.64 Å². The SMILES string of the molecule is Cc1cc(C)n(C[C@H]2CCCCN2C(=O)[C@@H](C)OCC2CC2)n1. The van der Waals surface area contributed by atoms with Gasteiger partial charge in [-0.05, 0) is 64.9 Å². The molecule has 0 unspecified atom stereocenters. The molecule has 1 aliphatic carbocycles. The maximum absolute atomic E-state index is 12.8. The maximum Gasteiger partial charge on any atom is 0.251 e. The predicted molar refractivity (Wildman–Crippen MR) is 89.2 cm³/mol. The Kier molecular flexibility index (Phi) is 5.05. The zero-order valence-corrected chi connectivity index (χ0v) is 14.6. The van der Waals surface area contributed by atoms with Gasteiger partial charge in [0.25, 0.3) is 5.91 Å². The minimum absolute atomic E-state index is 0.150. The quantitative estimate of drug-likeness (QED) is 0.810. The number of carbonyl (C=O) groups is 1. The summed E-state index contributed by atoms with van der Waals surface area (Å²) in [5.41, 5.74) is 2.20. The van der Waals surface area contributed by atoms with Gasteiger partial charge in [0, 0.05) is 12.2 Å². The largest absolute Gasteiger partial charge is 0.368 e. The Hall–Kier alpha value is -1.36. The molecule has 0 spiro atoms. The first-order valence-electron chi connectivity index (χ1n) is 8.97. The van der Waals surface area contributed by atoms with Crippen molar-refractivity contribution in [3.63, 3.8) is 0 Å². The Bertz CT molecular complexity index is 550. The number of amides is 1. The number of nitrogens with zero attached hydrogens (tertiary/aromatic N) is 3.